The maximum Gasteiger partial charge on any atom is 0.291 e. The highest BCUT2D eigenvalue weighted by atomic mass is 35.5. The van der Waals surface area contributed by atoms with E-state index in [1.54, 1.807) is 22.9 Å². The molecule has 0 amide bonds. The number of thiazole rings is 1. The number of hydrogen-bond acceptors (Lipinski definition) is 6. The van der Waals surface area contributed by atoms with Crippen LogP contribution in [0, 0.1) is 0 Å². The Bertz CT molecular complexity index is 1880. The molecule has 0 saturated heterocycles. The van der Waals surface area contributed by atoms with Gasteiger partial charge in [0, 0.05) is 27.9 Å². The topological polar surface area (TPSA) is 74.3 Å². The van der Waals surface area contributed by atoms with Gasteiger partial charge in [-0.15, -0.1) is 5.10 Å². The number of hydrogen-bond donors (Lipinski definition) is 0. The highest BCUT2D eigenvalue weighted by Gasteiger charge is 2.16. The van der Waals surface area contributed by atoms with Crippen LogP contribution in [0.3, 0.4) is 0 Å². The maximum absolute atomic E-state index is 13.3. The molecule has 3 aromatic carbocycles. The Balaban J connectivity index is 1.46. The number of ether oxygens (including phenoxy) is 1. The molecule has 0 saturated carbocycles. The summed E-state index contributed by atoms with van der Waals surface area (Å²) < 4.78 is 9.19. The van der Waals surface area contributed by atoms with Crippen LogP contribution in [0.4, 0.5) is 0 Å². The largest absolute Gasteiger partial charge is 0.494 e. The molecule has 3 aromatic heterocycles. The summed E-state index contributed by atoms with van der Waals surface area (Å²) in [5.41, 5.74) is 3.69. The van der Waals surface area contributed by atoms with Gasteiger partial charge in [0.05, 0.1) is 21.8 Å². The first kappa shape index (κ1) is 24.4. The van der Waals surface area contributed by atoms with Crippen molar-refractivity contribution in [2.45, 2.75) is 6.92 Å². The van der Waals surface area contributed by atoms with Crippen molar-refractivity contribution in [3.05, 3.63) is 109 Å². The van der Waals surface area contributed by atoms with E-state index in [1.165, 1.54) is 15.9 Å². The molecule has 3 heterocycles. The number of fused-ring (bicyclic) bond motifs is 1. The SMILES string of the molecule is CCOc1ccc(-c2nn(-c3ccccc3)cc2C=c2sc3nc(-c4ccc(Cl)cc4Cl)nn3c2=O)cc1. The van der Waals surface area contributed by atoms with E-state index in [0.717, 1.165) is 28.3 Å². The van der Waals surface area contributed by atoms with Crippen molar-refractivity contribution in [1.82, 2.24) is 24.4 Å². The predicted molar refractivity (Wildman–Crippen MR) is 152 cm³/mol. The third-order valence-corrected chi connectivity index (χ3v) is 7.35. The number of rotatable bonds is 6. The summed E-state index contributed by atoms with van der Waals surface area (Å²) in [5, 5.41) is 10.2. The summed E-state index contributed by atoms with van der Waals surface area (Å²) in [6.07, 6.45) is 3.74. The van der Waals surface area contributed by atoms with E-state index in [9.17, 15) is 4.79 Å². The van der Waals surface area contributed by atoms with E-state index in [2.05, 4.69) is 10.1 Å². The molecule has 0 bridgehead atoms. The van der Waals surface area contributed by atoms with E-state index >= 15 is 0 Å². The summed E-state index contributed by atoms with van der Waals surface area (Å²) in [6.45, 7) is 2.54. The van der Waals surface area contributed by atoms with Crippen LogP contribution < -0.4 is 14.8 Å². The van der Waals surface area contributed by atoms with Gasteiger partial charge in [-0.1, -0.05) is 52.7 Å². The van der Waals surface area contributed by atoms with Gasteiger partial charge in [0.1, 0.15) is 11.4 Å². The van der Waals surface area contributed by atoms with Crippen LogP contribution in [-0.4, -0.2) is 31.0 Å². The Morgan fingerprint density at radius 3 is 2.50 bits per heavy atom. The fraction of sp³-hybridized carbons (Fsp3) is 0.0714. The zero-order valence-electron chi connectivity index (χ0n) is 20.0. The first-order chi connectivity index (χ1) is 18.5. The summed E-state index contributed by atoms with van der Waals surface area (Å²) in [5.74, 6) is 1.15. The Kier molecular flexibility index (Phi) is 6.45. The Morgan fingerprint density at radius 1 is 1.00 bits per heavy atom. The van der Waals surface area contributed by atoms with Gasteiger partial charge in [0.25, 0.3) is 5.56 Å². The van der Waals surface area contributed by atoms with E-state index < -0.39 is 0 Å². The molecule has 0 aliphatic carbocycles. The molecule has 6 aromatic rings. The highest BCUT2D eigenvalue weighted by Crippen LogP contribution is 2.29. The number of benzene rings is 3. The first-order valence-corrected chi connectivity index (χ1v) is 13.3. The molecule has 7 nitrogen and oxygen atoms in total. The molecule has 0 fully saturated rings. The maximum atomic E-state index is 13.3. The average Bonchev–Trinajstić information content (AvgIpc) is 3.60. The molecule has 0 spiro atoms. The van der Waals surface area contributed by atoms with Crippen molar-refractivity contribution in [2.75, 3.05) is 6.61 Å². The van der Waals surface area contributed by atoms with Gasteiger partial charge >= 0.3 is 0 Å². The minimum absolute atomic E-state index is 0.265. The molecule has 6 rings (SSSR count). The van der Waals surface area contributed by atoms with Gasteiger partial charge in [-0.2, -0.15) is 14.6 Å². The molecule has 0 N–H and O–H groups in total. The molecular weight excluding hydrogens is 541 g/mol. The van der Waals surface area contributed by atoms with Crippen LogP contribution in [0.1, 0.15) is 12.5 Å². The zero-order valence-corrected chi connectivity index (χ0v) is 22.3. The van der Waals surface area contributed by atoms with E-state index in [0.29, 0.717) is 37.5 Å². The van der Waals surface area contributed by atoms with Crippen molar-refractivity contribution in [3.8, 4) is 34.1 Å². The van der Waals surface area contributed by atoms with E-state index in [-0.39, 0.29) is 5.56 Å². The molecule has 0 aliphatic heterocycles. The molecule has 10 heteroatoms. The van der Waals surface area contributed by atoms with Gasteiger partial charge in [-0.05, 0) is 67.6 Å². The molecule has 0 unspecified atom stereocenters. The van der Waals surface area contributed by atoms with Gasteiger partial charge < -0.3 is 4.74 Å². The fourth-order valence-electron chi connectivity index (χ4n) is 4.07. The van der Waals surface area contributed by atoms with Crippen LogP contribution in [0.5, 0.6) is 5.75 Å². The van der Waals surface area contributed by atoms with Crippen molar-refractivity contribution < 1.29 is 4.74 Å². The lowest BCUT2D eigenvalue weighted by Gasteiger charge is -2.04. The highest BCUT2D eigenvalue weighted by molar-refractivity contribution is 7.15. The van der Waals surface area contributed by atoms with E-state index in [1.807, 2.05) is 73.8 Å². The van der Waals surface area contributed by atoms with Crippen molar-refractivity contribution in [1.29, 1.82) is 0 Å². The second-order valence-electron chi connectivity index (χ2n) is 8.34. The number of nitrogens with zero attached hydrogens (tertiary/aromatic N) is 5. The lowest BCUT2D eigenvalue weighted by molar-refractivity contribution is 0.340. The van der Waals surface area contributed by atoms with Crippen molar-refractivity contribution in [2.24, 2.45) is 0 Å². The van der Waals surface area contributed by atoms with Crippen LogP contribution in [0.15, 0.2) is 83.8 Å². The monoisotopic (exact) mass is 559 g/mol. The smallest absolute Gasteiger partial charge is 0.291 e. The van der Waals surface area contributed by atoms with Crippen LogP contribution >= 0.6 is 34.5 Å². The molecular formula is C28H19Cl2N5O2S. The number of halogens is 2. The summed E-state index contributed by atoms with van der Waals surface area (Å²) in [6, 6.07) is 22.6. The molecule has 0 radical (unpaired) electrons. The minimum Gasteiger partial charge on any atom is -0.494 e. The zero-order chi connectivity index (χ0) is 26.2. The number of aromatic nitrogens is 5. The average molecular weight is 560 g/mol. The van der Waals surface area contributed by atoms with Crippen LogP contribution in [0.2, 0.25) is 10.0 Å². The van der Waals surface area contributed by atoms with Gasteiger partial charge in [-0.3, -0.25) is 4.79 Å². The standard InChI is InChI=1S/C28H19Cl2N5O2S/c1-2-37-21-11-8-17(9-12-21)25-18(16-34(32-25)20-6-4-3-5-7-20)14-24-27(36)35-28(38-24)31-26(33-35)22-13-10-19(29)15-23(22)30/h3-16H,2H2,1H3. The van der Waals surface area contributed by atoms with Gasteiger partial charge in [0.2, 0.25) is 4.96 Å². The van der Waals surface area contributed by atoms with Crippen molar-refractivity contribution in [3.63, 3.8) is 0 Å². The van der Waals surface area contributed by atoms with Crippen LogP contribution in [-0.2, 0) is 0 Å². The Hall–Kier alpha value is -3.98. The second-order valence-corrected chi connectivity index (χ2v) is 10.2. The van der Waals surface area contributed by atoms with E-state index in [4.69, 9.17) is 33.0 Å². The lowest BCUT2D eigenvalue weighted by atomic mass is 10.1. The summed E-state index contributed by atoms with van der Waals surface area (Å²) in [4.78, 5) is 18.3. The normalized spacial score (nSPS) is 11.9. The van der Waals surface area contributed by atoms with Gasteiger partial charge in [0.15, 0.2) is 5.82 Å². The third-order valence-electron chi connectivity index (χ3n) is 5.84. The Morgan fingerprint density at radius 2 is 1.79 bits per heavy atom. The molecule has 0 atom stereocenters. The molecule has 0 aliphatic rings. The summed E-state index contributed by atoms with van der Waals surface area (Å²) in [7, 11) is 0. The number of para-hydroxylation sites is 1. The van der Waals surface area contributed by atoms with Gasteiger partial charge in [-0.25, -0.2) is 4.68 Å². The third kappa shape index (κ3) is 4.58. The predicted octanol–water partition coefficient (Wildman–Crippen LogP) is 5.92. The van der Waals surface area contributed by atoms with Crippen LogP contribution in [0.25, 0.3) is 39.4 Å². The minimum atomic E-state index is -0.265. The summed E-state index contributed by atoms with van der Waals surface area (Å²) >= 11 is 13.6. The first-order valence-electron chi connectivity index (χ1n) is 11.7. The molecule has 38 heavy (non-hydrogen) atoms. The molecule has 188 valence electrons. The fourth-order valence-corrected chi connectivity index (χ4v) is 5.46. The lowest BCUT2D eigenvalue weighted by Crippen LogP contribution is -2.23. The van der Waals surface area contributed by atoms with Crippen molar-refractivity contribution >= 4 is 45.6 Å². The quantitative estimate of drug-likeness (QED) is 0.253. The Labute approximate surface area is 231 Å². The second kappa shape index (κ2) is 10.1.